The van der Waals surface area contributed by atoms with Crippen molar-refractivity contribution in [2.24, 2.45) is 0 Å². The monoisotopic (exact) mass is 249 g/mol. The molecule has 0 heterocycles. The molecule has 1 nitrogen and oxygen atoms in total. The summed E-state index contributed by atoms with van der Waals surface area (Å²) < 4.78 is 0. The van der Waals surface area contributed by atoms with Crippen LogP contribution in [0.2, 0.25) is 0 Å². The summed E-state index contributed by atoms with van der Waals surface area (Å²) in [5, 5.41) is 3.74. The Morgan fingerprint density at radius 2 is 2.18 bits per heavy atom. The molecule has 1 atom stereocenters. The van der Waals surface area contributed by atoms with Crippen LogP contribution in [-0.4, -0.2) is 18.6 Å². The molecular formula is C15H23NS. The molecule has 2 heteroatoms. The summed E-state index contributed by atoms with van der Waals surface area (Å²) in [6, 6.07) is 9.57. The van der Waals surface area contributed by atoms with Gasteiger partial charge in [-0.2, -0.15) is 11.8 Å². The van der Waals surface area contributed by atoms with E-state index < -0.39 is 0 Å². The topological polar surface area (TPSA) is 12.0 Å². The van der Waals surface area contributed by atoms with E-state index in [9.17, 15) is 0 Å². The van der Waals surface area contributed by atoms with Gasteiger partial charge in [0.2, 0.25) is 0 Å². The van der Waals surface area contributed by atoms with Crippen molar-refractivity contribution in [2.75, 3.05) is 18.6 Å². The third-order valence-electron chi connectivity index (χ3n) is 3.54. The highest BCUT2D eigenvalue weighted by molar-refractivity contribution is 7.98. The van der Waals surface area contributed by atoms with Crippen LogP contribution in [0.4, 0.5) is 0 Å². The summed E-state index contributed by atoms with van der Waals surface area (Å²) in [6.07, 6.45) is 8.73. The maximum absolute atomic E-state index is 3.74. The molecule has 0 aliphatic heterocycles. The van der Waals surface area contributed by atoms with Gasteiger partial charge in [-0.25, -0.2) is 0 Å². The highest BCUT2D eigenvalue weighted by Crippen LogP contribution is 2.28. The lowest BCUT2D eigenvalue weighted by Crippen LogP contribution is -2.23. The Bertz CT molecular complexity index is 337. The van der Waals surface area contributed by atoms with Crippen LogP contribution in [0.15, 0.2) is 24.3 Å². The molecule has 0 fully saturated rings. The first-order chi connectivity index (χ1) is 8.42. The van der Waals surface area contributed by atoms with E-state index in [0.29, 0.717) is 6.04 Å². The van der Waals surface area contributed by atoms with E-state index in [1.165, 1.54) is 37.9 Å². The average Bonchev–Trinajstić information content (AvgIpc) is 2.57. The van der Waals surface area contributed by atoms with Gasteiger partial charge < -0.3 is 5.32 Å². The quantitative estimate of drug-likeness (QED) is 0.629. The van der Waals surface area contributed by atoms with Crippen LogP contribution in [0.25, 0.3) is 0 Å². The molecule has 0 aromatic heterocycles. The number of aryl methyl sites for hydroxylation is 1. The molecule has 1 aromatic carbocycles. The molecule has 0 radical (unpaired) electrons. The molecular weight excluding hydrogens is 226 g/mol. The van der Waals surface area contributed by atoms with E-state index in [2.05, 4.69) is 35.8 Å². The molecule has 94 valence electrons. The standard InChI is InChI=1S/C15H23NS/c1-17-12-6-11-16-15-10-5-3-8-13-7-2-4-9-14(13)15/h2,4,7,9,15-16H,3,5-6,8,10-12H2,1H3. The number of nitrogens with one attached hydrogen (secondary N) is 1. The number of fused-ring (bicyclic) bond motifs is 1. The van der Waals surface area contributed by atoms with Crippen molar-refractivity contribution in [3.8, 4) is 0 Å². The zero-order valence-electron chi connectivity index (χ0n) is 10.7. The Morgan fingerprint density at radius 1 is 1.29 bits per heavy atom. The first-order valence-electron chi connectivity index (χ1n) is 6.72. The van der Waals surface area contributed by atoms with Gasteiger partial charge in [-0.3, -0.25) is 0 Å². The number of thioether (sulfide) groups is 1. The van der Waals surface area contributed by atoms with Crippen LogP contribution in [-0.2, 0) is 6.42 Å². The van der Waals surface area contributed by atoms with Gasteiger partial charge in [-0.1, -0.05) is 30.7 Å². The highest BCUT2D eigenvalue weighted by atomic mass is 32.2. The van der Waals surface area contributed by atoms with Crippen LogP contribution in [0.3, 0.4) is 0 Å². The molecule has 0 spiro atoms. The molecule has 1 aliphatic rings. The van der Waals surface area contributed by atoms with E-state index >= 15 is 0 Å². The molecule has 0 amide bonds. The van der Waals surface area contributed by atoms with Gasteiger partial charge in [0.05, 0.1) is 0 Å². The van der Waals surface area contributed by atoms with Crippen molar-refractivity contribution < 1.29 is 0 Å². The fraction of sp³-hybridized carbons (Fsp3) is 0.600. The number of benzene rings is 1. The summed E-state index contributed by atoms with van der Waals surface area (Å²) >= 11 is 1.94. The Labute approximate surface area is 109 Å². The van der Waals surface area contributed by atoms with Crippen molar-refractivity contribution >= 4 is 11.8 Å². The van der Waals surface area contributed by atoms with Crippen LogP contribution in [0, 0.1) is 0 Å². The average molecular weight is 249 g/mol. The maximum atomic E-state index is 3.74. The summed E-state index contributed by atoms with van der Waals surface area (Å²) in [4.78, 5) is 0. The van der Waals surface area contributed by atoms with Gasteiger partial charge in [-0.15, -0.1) is 0 Å². The molecule has 0 saturated heterocycles. The minimum atomic E-state index is 0.593. The molecule has 1 aromatic rings. The van der Waals surface area contributed by atoms with Crippen molar-refractivity contribution in [1.82, 2.24) is 5.32 Å². The summed E-state index contributed by atoms with van der Waals surface area (Å²) in [7, 11) is 0. The fourth-order valence-electron chi connectivity index (χ4n) is 2.63. The Morgan fingerprint density at radius 3 is 3.06 bits per heavy atom. The SMILES string of the molecule is CSCCCNC1CCCCc2ccccc21. The van der Waals surface area contributed by atoms with Crippen LogP contribution >= 0.6 is 11.8 Å². The highest BCUT2D eigenvalue weighted by Gasteiger charge is 2.16. The lowest BCUT2D eigenvalue weighted by Gasteiger charge is -2.19. The Kier molecular flexibility index (Phi) is 5.40. The normalized spacial score (nSPS) is 19.7. The smallest absolute Gasteiger partial charge is 0.0322 e. The lowest BCUT2D eigenvalue weighted by atomic mass is 9.99. The van der Waals surface area contributed by atoms with E-state index in [1.807, 2.05) is 11.8 Å². The summed E-state index contributed by atoms with van der Waals surface area (Å²) in [5.41, 5.74) is 3.11. The number of hydrogen-bond acceptors (Lipinski definition) is 2. The minimum Gasteiger partial charge on any atom is -0.310 e. The molecule has 17 heavy (non-hydrogen) atoms. The second-order valence-electron chi connectivity index (χ2n) is 4.80. The minimum absolute atomic E-state index is 0.593. The van der Waals surface area contributed by atoms with E-state index in [1.54, 1.807) is 11.1 Å². The van der Waals surface area contributed by atoms with E-state index in [0.717, 1.165) is 6.54 Å². The van der Waals surface area contributed by atoms with Gasteiger partial charge >= 0.3 is 0 Å². The Balaban J connectivity index is 1.97. The third kappa shape index (κ3) is 3.75. The third-order valence-corrected chi connectivity index (χ3v) is 4.23. The predicted octanol–water partition coefficient (Wildman–Crippen LogP) is 3.80. The second-order valence-corrected chi connectivity index (χ2v) is 5.78. The number of hydrogen-bond donors (Lipinski definition) is 1. The predicted molar refractivity (Wildman–Crippen MR) is 77.7 cm³/mol. The summed E-state index contributed by atoms with van der Waals surface area (Å²) in [6.45, 7) is 1.15. The molecule has 0 bridgehead atoms. The largest absolute Gasteiger partial charge is 0.310 e. The van der Waals surface area contributed by atoms with Crippen molar-refractivity contribution in [2.45, 2.75) is 38.1 Å². The molecule has 1 unspecified atom stereocenters. The zero-order valence-corrected chi connectivity index (χ0v) is 11.6. The van der Waals surface area contributed by atoms with Crippen LogP contribution in [0.5, 0.6) is 0 Å². The molecule has 2 rings (SSSR count). The molecule has 0 saturated carbocycles. The van der Waals surface area contributed by atoms with Gasteiger partial charge in [0.1, 0.15) is 0 Å². The van der Waals surface area contributed by atoms with Crippen LogP contribution < -0.4 is 5.32 Å². The van der Waals surface area contributed by atoms with Gasteiger partial charge in [-0.05, 0) is 55.4 Å². The number of rotatable bonds is 5. The van der Waals surface area contributed by atoms with Gasteiger partial charge in [0.15, 0.2) is 0 Å². The Hall–Kier alpha value is -0.470. The molecule has 1 N–H and O–H groups in total. The maximum Gasteiger partial charge on any atom is 0.0322 e. The van der Waals surface area contributed by atoms with E-state index in [4.69, 9.17) is 0 Å². The van der Waals surface area contributed by atoms with Crippen molar-refractivity contribution in [3.63, 3.8) is 0 Å². The molecule has 1 aliphatic carbocycles. The van der Waals surface area contributed by atoms with Crippen molar-refractivity contribution in [1.29, 1.82) is 0 Å². The fourth-order valence-corrected chi connectivity index (χ4v) is 3.06. The first-order valence-corrected chi connectivity index (χ1v) is 8.11. The van der Waals surface area contributed by atoms with E-state index in [-0.39, 0.29) is 0 Å². The van der Waals surface area contributed by atoms with Crippen molar-refractivity contribution in [3.05, 3.63) is 35.4 Å². The second kappa shape index (κ2) is 7.07. The summed E-state index contributed by atoms with van der Waals surface area (Å²) in [5.74, 6) is 1.27. The first kappa shape index (κ1) is 13.0. The van der Waals surface area contributed by atoms with Gasteiger partial charge in [0, 0.05) is 6.04 Å². The van der Waals surface area contributed by atoms with Crippen LogP contribution in [0.1, 0.15) is 42.9 Å². The lowest BCUT2D eigenvalue weighted by molar-refractivity contribution is 0.490. The zero-order chi connectivity index (χ0) is 11.9. The van der Waals surface area contributed by atoms with Gasteiger partial charge in [0.25, 0.3) is 0 Å².